The van der Waals surface area contributed by atoms with Gasteiger partial charge in [0.25, 0.3) is 0 Å². The van der Waals surface area contributed by atoms with Gasteiger partial charge in [-0.15, -0.1) is 0 Å². The summed E-state index contributed by atoms with van der Waals surface area (Å²) in [6.45, 7) is 3.42. The number of aliphatic hydroxyl groups is 2. The first-order chi connectivity index (χ1) is 23.0. The molecule has 3 fully saturated rings. The summed E-state index contributed by atoms with van der Waals surface area (Å²) in [5, 5.41) is 36.3. The van der Waals surface area contributed by atoms with Crippen molar-refractivity contribution in [1.29, 1.82) is 0 Å². The van der Waals surface area contributed by atoms with Crippen LogP contribution in [0, 0.1) is 30.6 Å². The Balaban J connectivity index is 1.27. The number of fused-ring (bicyclic) bond motifs is 3. The van der Waals surface area contributed by atoms with Crippen LogP contribution in [-0.2, 0) is 28.4 Å². The van der Waals surface area contributed by atoms with Crippen LogP contribution in [0.15, 0.2) is 47.6 Å². The van der Waals surface area contributed by atoms with Gasteiger partial charge in [-0.1, -0.05) is 29.7 Å². The Morgan fingerprint density at radius 2 is 1.98 bits per heavy atom. The molecule has 0 spiro atoms. The second-order valence-electron chi connectivity index (χ2n) is 12.1. The lowest BCUT2D eigenvalue weighted by Gasteiger charge is -2.42. The van der Waals surface area contributed by atoms with Crippen LogP contribution >= 0.6 is 0 Å². The number of likely N-dealkylation sites (N-methyl/N-ethyl adjacent to an activating group) is 1. The van der Waals surface area contributed by atoms with Gasteiger partial charge in [0.15, 0.2) is 24.6 Å². The van der Waals surface area contributed by atoms with E-state index in [-0.39, 0.29) is 17.9 Å². The fourth-order valence-electron chi connectivity index (χ4n) is 6.50. The predicted octanol–water partition coefficient (Wildman–Crippen LogP) is 1.39. The average Bonchev–Trinajstić information content (AvgIpc) is 3.39. The van der Waals surface area contributed by atoms with Gasteiger partial charge in [-0.2, -0.15) is 0 Å². The second-order valence-corrected chi connectivity index (χ2v) is 12.1. The summed E-state index contributed by atoms with van der Waals surface area (Å²) < 4.78 is 40.0. The normalized spacial score (nSPS) is 35.7. The van der Waals surface area contributed by atoms with E-state index in [4.69, 9.17) is 33.2 Å². The van der Waals surface area contributed by atoms with Gasteiger partial charge in [-0.05, 0) is 62.2 Å². The van der Waals surface area contributed by atoms with E-state index in [0.717, 1.165) is 10.9 Å². The molecule has 4 N–H and O–H groups in total. The summed E-state index contributed by atoms with van der Waals surface area (Å²) in [5.74, 6) is 11.4. The van der Waals surface area contributed by atoms with Crippen LogP contribution in [0.3, 0.4) is 0 Å². The van der Waals surface area contributed by atoms with E-state index in [1.54, 1.807) is 38.3 Å². The standard InChI is InChI=1S/C35H33NO12/c1-16-12-19(42-4)14-22-20(16)8-9-23(37)27(22)32(40)45-24-13-18-10-11-35(26-15-43-34(41)46-26)25(48-35)7-5-6-21(18)31(24)47-33-28(36-3)30(39)29(38)17(2)44-33/h6,8-9,12-14,17,24-26,28-31,33,36-39H,15H2,1-4H3/b21-6+/t17-,24-,25-,26-,28-,29+,30-,31-,33+,35+/m1/s1. The first-order valence-electron chi connectivity index (χ1n) is 15.4. The van der Waals surface area contributed by atoms with E-state index >= 15 is 0 Å². The van der Waals surface area contributed by atoms with Crippen molar-refractivity contribution in [3.63, 3.8) is 0 Å². The highest BCUT2D eigenvalue weighted by atomic mass is 16.8. The number of aromatic hydroxyl groups is 1. The summed E-state index contributed by atoms with van der Waals surface area (Å²) in [6.07, 6.45) is -5.56. The molecule has 2 aromatic rings. The monoisotopic (exact) mass is 659 g/mol. The van der Waals surface area contributed by atoms with Crippen molar-refractivity contribution in [2.75, 3.05) is 20.8 Å². The summed E-state index contributed by atoms with van der Waals surface area (Å²) in [5.41, 5.74) is 0.400. The summed E-state index contributed by atoms with van der Waals surface area (Å²) in [7, 11) is 3.10. The average molecular weight is 660 g/mol. The molecule has 2 aliphatic carbocycles. The van der Waals surface area contributed by atoms with Gasteiger partial charge in [-0.3, -0.25) is 0 Å². The summed E-state index contributed by atoms with van der Waals surface area (Å²) in [4.78, 5) is 25.7. The zero-order chi connectivity index (χ0) is 33.9. The molecule has 13 nitrogen and oxygen atoms in total. The first-order valence-corrected chi connectivity index (χ1v) is 15.4. The molecule has 0 radical (unpaired) electrons. The molecule has 7 rings (SSSR count). The molecule has 10 atom stereocenters. The minimum Gasteiger partial charge on any atom is -0.507 e. The third-order valence-corrected chi connectivity index (χ3v) is 9.23. The molecule has 5 aliphatic rings. The Morgan fingerprint density at radius 3 is 2.71 bits per heavy atom. The molecule has 0 bridgehead atoms. The highest BCUT2D eigenvalue weighted by Gasteiger charge is 2.65. The van der Waals surface area contributed by atoms with Crippen molar-refractivity contribution in [3.8, 4) is 35.2 Å². The van der Waals surface area contributed by atoms with Gasteiger partial charge in [-0.25, -0.2) is 9.59 Å². The Morgan fingerprint density at radius 1 is 1.17 bits per heavy atom. The quantitative estimate of drug-likeness (QED) is 0.191. The largest absolute Gasteiger partial charge is 0.508 e. The minimum absolute atomic E-state index is 0.0490. The Kier molecular flexibility index (Phi) is 8.08. The molecule has 0 amide bonds. The topological polar surface area (TPSA) is 175 Å². The summed E-state index contributed by atoms with van der Waals surface area (Å²) >= 11 is 0. The molecule has 48 heavy (non-hydrogen) atoms. The van der Waals surface area contributed by atoms with Gasteiger partial charge < -0.3 is 53.8 Å². The van der Waals surface area contributed by atoms with Gasteiger partial charge in [0.05, 0.1) is 19.3 Å². The fraction of sp³-hybridized carbons (Fsp3) is 0.429. The van der Waals surface area contributed by atoms with Crippen LogP contribution in [-0.4, -0.2) is 109 Å². The smallest absolute Gasteiger partial charge is 0.507 e. The van der Waals surface area contributed by atoms with Crippen molar-refractivity contribution in [2.45, 2.75) is 74.5 Å². The highest BCUT2D eigenvalue weighted by Crippen LogP contribution is 2.44. The zero-order valence-corrected chi connectivity index (χ0v) is 26.4. The lowest BCUT2D eigenvalue weighted by molar-refractivity contribution is -0.273. The highest BCUT2D eigenvalue weighted by molar-refractivity contribution is 6.08. The van der Waals surface area contributed by atoms with E-state index in [1.165, 1.54) is 13.2 Å². The number of benzene rings is 2. The molecule has 3 saturated heterocycles. The number of methoxy groups -OCH3 is 1. The van der Waals surface area contributed by atoms with Gasteiger partial charge in [0, 0.05) is 16.5 Å². The van der Waals surface area contributed by atoms with Crippen molar-refractivity contribution < 1.29 is 58.1 Å². The number of carbonyl (C=O) groups excluding carboxylic acids is 2. The third kappa shape index (κ3) is 5.35. The molecule has 3 heterocycles. The van der Waals surface area contributed by atoms with E-state index in [0.29, 0.717) is 22.3 Å². The number of allylic oxidation sites excluding steroid dienone is 1. The van der Waals surface area contributed by atoms with Crippen molar-refractivity contribution >= 4 is 22.9 Å². The van der Waals surface area contributed by atoms with E-state index in [1.807, 2.05) is 13.0 Å². The summed E-state index contributed by atoms with van der Waals surface area (Å²) in [6, 6.07) is 5.74. The number of ether oxygens (including phenoxy) is 7. The first kappa shape index (κ1) is 32.0. The number of aliphatic hydroxyl groups excluding tert-OH is 2. The van der Waals surface area contributed by atoms with Gasteiger partial charge >= 0.3 is 12.1 Å². The van der Waals surface area contributed by atoms with Crippen LogP contribution in [0.2, 0.25) is 0 Å². The SMILES string of the molecule is CN[C@H]1[C@H](O[C@@H]2/C3=C/C#C[C@H]4O[C@@]4([C@H]4COC(=O)O4)C#CC3=C[C@H]2OC(=O)c2c(O)ccc3c(C)cc(OC)cc23)O[C@H](C)[C@H](O)[C@@H]1O. The zero-order valence-electron chi connectivity index (χ0n) is 26.4. The van der Waals surface area contributed by atoms with E-state index < -0.39 is 72.8 Å². The molecular formula is C35H33NO12. The second kappa shape index (κ2) is 12.1. The maximum Gasteiger partial charge on any atom is 0.508 e. The van der Waals surface area contributed by atoms with Crippen molar-refractivity contribution in [2.24, 2.45) is 0 Å². The van der Waals surface area contributed by atoms with Gasteiger partial charge in [0.2, 0.25) is 5.60 Å². The predicted molar refractivity (Wildman–Crippen MR) is 166 cm³/mol. The third-order valence-electron chi connectivity index (χ3n) is 9.23. The molecule has 13 heteroatoms. The van der Waals surface area contributed by atoms with Crippen LogP contribution in [0.5, 0.6) is 11.5 Å². The number of esters is 1. The van der Waals surface area contributed by atoms with E-state index in [2.05, 4.69) is 29.0 Å². The number of phenolic OH excluding ortho intramolecular Hbond substituents is 1. The maximum atomic E-state index is 14.0. The number of hydrogen-bond donors (Lipinski definition) is 4. The lowest BCUT2D eigenvalue weighted by atomic mass is 9.97. The van der Waals surface area contributed by atoms with Crippen LogP contribution in [0.25, 0.3) is 10.8 Å². The molecule has 0 saturated carbocycles. The van der Waals surface area contributed by atoms with Crippen LogP contribution in [0.4, 0.5) is 4.79 Å². The Bertz CT molecular complexity index is 1880. The minimum atomic E-state index is -1.24. The van der Waals surface area contributed by atoms with E-state index in [9.17, 15) is 24.9 Å². The Hall–Kier alpha value is -4.60. The molecule has 250 valence electrons. The Labute approximate surface area is 275 Å². The van der Waals surface area contributed by atoms with Crippen LogP contribution < -0.4 is 10.1 Å². The van der Waals surface area contributed by atoms with Crippen LogP contribution in [0.1, 0.15) is 22.8 Å². The molecule has 3 aliphatic heterocycles. The maximum absolute atomic E-state index is 14.0. The molecule has 2 aromatic carbocycles. The fourth-order valence-corrected chi connectivity index (χ4v) is 6.50. The van der Waals surface area contributed by atoms with Gasteiger partial charge in [0.1, 0.15) is 42.0 Å². The molecule has 0 aromatic heterocycles. The number of rotatable bonds is 7. The lowest BCUT2D eigenvalue weighted by Crippen LogP contribution is -2.62. The number of nitrogens with one attached hydrogen (secondary N) is 1. The number of cyclic esters (lactones) is 2. The van der Waals surface area contributed by atoms with Crippen molar-refractivity contribution in [1.82, 2.24) is 5.32 Å². The number of phenols is 1. The number of hydrogen-bond acceptors (Lipinski definition) is 13. The number of epoxide rings is 1. The molecular weight excluding hydrogens is 626 g/mol. The van der Waals surface area contributed by atoms with Crippen molar-refractivity contribution in [3.05, 3.63) is 58.7 Å². The molecule has 0 unspecified atom stereocenters. The number of aryl methyl sites for hydroxylation is 1. The number of carbonyl (C=O) groups is 2.